The van der Waals surface area contributed by atoms with Crippen molar-refractivity contribution in [3.63, 3.8) is 0 Å². The van der Waals surface area contributed by atoms with E-state index in [0.717, 1.165) is 0 Å². The lowest BCUT2D eigenvalue weighted by Gasteiger charge is -2.34. The Hall–Kier alpha value is -3.08. The number of nitrogens with zero attached hydrogens (tertiary/aromatic N) is 1. The molecule has 0 aromatic heterocycles. The number of aliphatic hydroxyl groups is 1. The van der Waals surface area contributed by atoms with Gasteiger partial charge in [-0.25, -0.2) is 0 Å². The number of hydrogen-bond acceptors (Lipinski definition) is 5. The average Bonchev–Trinajstić information content (AvgIpc) is 2.67. The van der Waals surface area contributed by atoms with Gasteiger partial charge in [0.1, 0.15) is 17.4 Å². The fourth-order valence-electron chi connectivity index (χ4n) is 2.83. The maximum absolute atomic E-state index is 12.1. The molecule has 7 nitrogen and oxygen atoms in total. The molecule has 1 aliphatic heterocycles. The second-order valence-electron chi connectivity index (χ2n) is 6.06. The molecule has 0 spiro atoms. The Bertz CT molecular complexity index is 941. The number of nitriles is 1. The van der Waals surface area contributed by atoms with E-state index in [1.165, 1.54) is 18.2 Å². The SMILES string of the molecule is N#Cc1ccc(Cl)cc1NC(=O)C(=O)NC[C@@]1(O)CCOc2ccccc21. The predicted octanol–water partition coefficient (Wildman–Crippen LogP) is 1.94. The summed E-state index contributed by atoms with van der Waals surface area (Å²) in [5.41, 5.74) is -0.463. The van der Waals surface area contributed by atoms with E-state index in [1.54, 1.807) is 24.3 Å². The minimum atomic E-state index is -1.33. The molecule has 1 heterocycles. The van der Waals surface area contributed by atoms with Crippen molar-refractivity contribution in [2.45, 2.75) is 12.0 Å². The van der Waals surface area contributed by atoms with Gasteiger partial charge in [0.2, 0.25) is 0 Å². The van der Waals surface area contributed by atoms with Crippen LogP contribution in [0.3, 0.4) is 0 Å². The smallest absolute Gasteiger partial charge is 0.313 e. The monoisotopic (exact) mass is 385 g/mol. The van der Waals surface area contributed by atoms with Crippen LogP contribution in [0, 0.1) is 11.3 Å². The quantitative estimate of drug-likeness (QED) is 0.699. The van der Waals surface area contributed by atoms with Crippen molar-refractivity contribution in [3.05, 3.63) is 58.6 Å². The van der Waals surface area contributed by atoms with Gasteiger partial charge in [-0.3, -0.25) is 9.59 Å². The highest BCUT2D eigenvalue weighted by molar-refractivity contribution is 6.40. The van der Waals surface area contributed by atoms with Crippen molar-refractivity contribution in [2.75, 3.05) is 18.5 Å². The van der Waals surface area contributed by atoms with Gasteiger partial charge in [0.05, 0.1) is 24.4 Å². The van der Waals surface area contributed by atoms with Crippen molar-refractivity contribution < 1.29 is 19.4 Å². The fraction of sp³-hybridized carbons (Fsp3) is 0.211. The molecule has 0 fully saturated rings. The summed E-state index contributed by atoms with van der Waals surface area (Å²) in [6.07, 6.45) is 0.277. The predicted molar refractivity (Wildman–Crippen MR) is 98.3 cm³/mol. The van der Waals surface area contributed by atoms with Crippen molar-refractivity contribution in [1.29, 1.82) is 5.26 Å². The molecule has 0 bridgehead atoms. The third-order valence-electron chi connectivity index (χ3n) is 4.26. The van der Waals surface area contributed by atoms with E-state index in [9.17, 15) is 14.7 Å². The van der Waals surface area contributed by atoms with Gasteiger partial charge >= 0.3 is 11.8 Å². The van der Waals surface area contributed by atoms with Gasteiger partial charge in [-0.15, -0.1) is 0 Å². The molecule has 2 amide bonds. The zero-order valence-electron chi connectivity index (χ0n) is 14.2. The second-order valence-corrected chi connectivity index (χ2v) is 6.50. The van der Waals surface area contributed by atoms with Gasteiger partial charge < -0.3 is 20.5 Å². The zero-order chi connectivity index (χ0) is 19.4. The summed E-state index contributed by atoms with van der Waals surface area (Å²) in [7, 11) is 0. The Kier molecular flexibility index (Phi) is 5.31. The summed E-state index contributed by atoms with van der Waals surface area (Å²) >= 11 is 5.86. The van der Waals surface area contributed by atoms with Gasteiger partial charge in [-0.05, 0) is 24.3 Å². The summed E-state index contributed by atoms with van der Waals surface area (Å²) in [6.45, 7) is 0.143. The first-order valence-corrected chi connectivity index (χ1v) is 8.54. The van der Waals surface area contributed by atoms with Crippen LogP contribution in [0.15, 0.2) is 42.5 Å². The minimum absolute atomic E-state index is 0.139. The number of halogens is 1. The van der Waals surface area contributed by atoms with E-state index in [4.69, 9.17) is 21.6 Å². The molecule has 138 valence electrons. The standard InChI is InChI=1S/C19H16ClN3O4/c20-13-6-5-12(10-21)15(9-13)23-18(25)17(24)22-11-19(26)7-8-27-16-4-2-1-3-14(16)19/h1-6,9,26H,7-8,11H2,(H,22,24)(H,23,25)/t19-/m0/s1. The Morgan fingerprint density at radius 1 is 1.26 bits per heavy atom. The highest BCUT2D eigenvalue weighted by Crippen LogP contribution is 2.36. The number of amides is 2. The molecular weight excluding hydrogens is 370 g/mol. The zero-order valence-corrected chi connectivity index (χ0v) is 14.9. The molecular formula is C19H16ClN3O4. The summed E-state index contributed by atoms with van der Waals surface area (Å²) in [6, 6.07) is 13.2. The number of hydrogen-bond donors (Lipinski definition) is 3. The first-order chi connectivity index (χ1) is 12.9. The molecule has 3 rings (SSSR count). The maximum atomic E-state index is 12.1. The van der Waals surface area contributed by atoms with Crippen LogP contribution in [0.1, 0.15) is 17.5 Å². The van der Waals surface area contributed by atoms with Crippen LogP contribution >= 0.6 is 11.6 Å². The Labute approximate surface area is 160 Å². The number of carbonyl (C=O) groups excluding carboxylic acids is 2. The lowest BCUT2D eigenvalue weighted by atomic mass is 9.88. The summed E-state index contributed by atoms with van der Waals surface area (Å²) in [5, 5.41) is 25.1. The van der Waals surface area contributed by atoms with Gasteiger partial charge in [0, 0.05) is 17.0 Å². The Morgan fingerprint density at radius 3 is 2.81 bits per heavy atom. The van der Waals surface area contributed by atoms with Crippen LogP contribution < -0.4 is 15.4 Å². The van der Waals surface area contributed by atoms with Crippen molar-refractivity contribution in [3.8, 4) is 11.8 Å². The van der Waals surface area contributed by atoms with Crippen molar-refractivity contribution >= 4 is 29.1 Å². The number of benzene rings is 2. The molecule has 2 aromatic rings. The van der Waals surface area contributed by atoms with Crippen LogP contribution in [-0.4, -0.2) is 30.1 Å². The van der Waals surface area contributed by atoms with Crippen LogP contribution in [-0.2, 0) is 15.2 Å². The summed E-state index contributed by atoms with van der Waals surface area (Å²) in [4.78, 5) is 24.3. The van der Waals surface area contributed by atoms with Crippen LogP contribution in [0.5, 0.6) is 5.75 Å². The molecule has 0 saturated carbocycles. The number of para-hydroxylation sites is 1. The Balaban J connectivity index is 1.67. The largest absolute Gasteiger partial charge is 0.493 e. The van der Waals surface area contributed by atoms with Gasteiger partial charge in [-0.1, -0.05) is 29.8 Å². The number of fused-ring (bicyclic) bond motifs is 1. The summed E-state index contributed by atoms with van der Waals surface area (Å²) in [5.74, 6) is -1.35. The minimum Gasteiger partial charge on any atom is -0.493 e. The van der Waals surface area contributed by atoms with E-state index >= 15 is 0 Å². The second kappa shape index (κ2) is 7.66. The average molecular weight is 386 g/mol. The van der Waals surface area contributed by atoms with Crippen LogP contribution in [0.2, 0.25) is 5.02 Å². The molecule has 0 saturated heterocycles. The molecule has 3 N–H and O–H groups in total. The van der Waals surface area contributed by atoms with Gasteiger partial charge in [-0.2, -0.15) is 5.26 Å². The maximum Gasteiger partial charge on any atom is 0.313 e. The molecule has 2 aromatic carbocycles. The third-order valence-corrected chi connectivity index (χ3v) is 4.49. The molecule has 0 radical (unpaired) electrons. The van der Waals surface area contributed by atoms with Crippen molar-refractivity contribution in [2.24, 2.45) is 0 Å². The molecule has 0 unspecified atom stereocenters. The first-order valence-electron chi connectivity index (χ1n) is 8.16. The molecule has 27 heavy (non-hydrogen) atoms. The van der Waals surface area contributed by atoms with E-state index < -0.39 is 17.4 Å². The fourth-order valence-corrected chi connectivity index (χ4v) is 3.00. The number of rotatable bonds is 3. The Morgan fingerprint density at radius 2 is 2.04 bits per heavy atom. The highest BCUT2D eigenvalue weighted by Gasteiger charge is 2.36. The molecule has 0 aliphatic carbocycles. The molecule has 1 atom stereocenters. The first kappa shape index (κ1) is 18.7. The normalized spacial score (nSPS) is 17.8. The lowest BCUT2D eigenvalue weighted by Crippen LogP contribution is -2.46. The van der Waals surface area contributed by atoms with Gasteiger partial charge in [0.25, 0.3) is 0 Å². The topological polar surface area (TPSA) is 111 Å². The van der Waals surface area contributed by atoms with E-state index in [2.05, 4.69) is 10.6 Å². The van der Waals surface area contributed by atoms with E-state index in [-0.39, 0.29) is 24.2 Å². The third kappa shape index (κ3) is 4.03. The molecule has 1 aliphatic rings. The summed E-state index contributed by atoms with van der Waals surface area (Å²) < 4.78 is 5.49. The number of carbonyl (C=O) groups is 2. The van der Waals surface area contributed by atoms with Crippen LogP contribution in [0.25, 0.3) is 0 Å². The number of anilines is 1. The molecule has 8 heteroatoms. The number of ether oxygens (including phenoxy) is 1. The number of nitrogens with one attached hydrogen (secondary N) is 2. The van der Waals surface area contributed by atoms with Crippen LogP contribution in [0.4, 0.5) is 5.69 Å². The van der Waals surface area contributed by atoms with Crippen molar-refractivity contribution in [1.82, 2.24) is 5.32 Å². The van der Waals surface area contributed by atoms with Gasteiger partial charge in [0.15, 0.2) is 0 Å². The van der Waals surface area contributed by atoms with E-state index in [1.807, 2.05) is 6.07 Å². The highest BCUT2D eigenvalue weighted by atomic mass is 35.5. The lowest BCUT2D eigenvalue weighted by molar-refractivity contribution is -0.137. The van der Waals surface area contributed by atoms with E-state index in [0.29, 0.717) is 22.9 Å².